The van der Waals surface area contributed by atoms with Gasteiger partial charge in [0.05, 0.1) is 33.0 Å². The van der Waals surface area contributed by atoms with Crippen LogP contribution in [0.2, 0.25) is 0 Å². The molecule has 0 saturated heterocycles. The van der Waals surface area contributed by atoms with Crippen molar-refractivity contribution in [3.05, 3.63) is 93.2 Å². The van der Waals surface area contributed by atoms with Crippen LogP contribution in [0.1, 0.15) is 146 Å². The van der Waals surface area contributed by atoms with Crippen LogP contribution in [0.3, 0.4) is 0 Å². The average molecular weight is 804 g/mol. The number of phosphoric acid groups is 1. The highest BCUT2D eigenvalue weighted by atomic mass is 31.2. The predicted molar refractivity (Wildman–Crippen MR) is 235 cm³/mol. The number of carboxylic acids is 1. The van der Waals surface area contributed by atoms with Crippen LogP contribution in [0.4, 0.5) is 0 Å². The lowest BCUT2D eigenvalue weighted by Gasteiger charge is -2.20. The van der Waals surface area contributed by atoms with E-state index in [1.54, 1.807) is 0 Å². The maximum Gasteiger partial charge on any atom is 0.472 e. The summed E-state index contributed by atoms with van der Waals surface area (Å²) in [5.41, 5.74) is 16.2. The Bertz CT molecular complexity index is 1420. The Labute approximate surface area is 341 Å². The lowest BCUT2D eigenvalue weighted by molar-refractivity contribution is -0.139. The van der Waals surface area contributed by atoms with E-state index in [1.165, 1.54) is 44.6 Å². The topological polar surface area (TPSA) is 138 Å². The van der Waals surface area contributed by atoms with E-state index in [0.29, 0.717) is 6.61 Å². The minimum Gasteiger partial charge on any atom is -0.480 e. The van der Waals surface area contributed by atoms with Gasteiger partial charge >= 0.3 is 13.8 Å². The van der Waals surface area contributed by atoms with Crippen molar-refractivity contribution in [1.29, 1.82) is 0 Å². The van der Waals surface area contributed by atoms with Crippen molar-refractivity contribution in [3.8, 4) is 0 Å². The van der Waals surface area contributed by atoms with Crippen LogP contribution in [0, 0.1) is 0 Å². The zero-order chi connectivity index (χ0) is 42.4. The highest BCUT2D eigenvalue weighted by Gasteiger charge is 2.26. The number of hydrogen-bond donors (Lipinski definition) is 3. The number of ether oxygens (including phenoxy) is 2. The highest BCUT2D eigenvalue weighted by Crippen LogP contribution is 2.43. The Morgan fingerprint density at radius 1 is 0.536 bits per heavy atom. The number of aliphatic carboxylic acids is 1. The zero-order valence-corrected chi connectivity index (χ0v) is 37.6. The van der Waals surface area contributed by atoms with Crippen molar-refractivity contribution < 1.29 is 37.9 Å². The van der Waals surface area contributed by atoms with E-state index in [0.717, 1.165) is 77.0 Å². The minimum absolute atomic E-state index is 0.121. The smallest absolute Gasteiger partial charge is 0.472 e. The molecule has 0 heterocycles. The van der Waals surface area contributed by atoms with Gasteiger partial charge in [-0.2, -0.15) is 0 Å². The van der Waals surface area contributed by atoms with Gasteiger partial charge in [-0.3, -0.25) is 13.8 Å². The number of nitrogens with two attached hydrogens (primary N) is 1. The fraction of sp³-hybridized carbons (Fsp3) is 0.630. The summed E-state index contributed by atoms with van der Waals surface area (Å²) in [7, 11) is -4.56. The molecule has 56 heavy (non-hydrogen) atoms. The average Bonchev–Trinajstić information content (AvgIpc) is 3.10. The SMILES string of the molecule is CC(C)=CCC/C(C)=C/CC/C(C)=C/CC/C(C)=C/COC[C@H](COP(=O)(O)OC[C@H](N)C(=O)O)OC/C=C(\C)CC/C=C(\C)CC/C=C(\C)CCC=C(C)C. The van der Waals surface area contributed by atoms with Gasteiger partial charge in [-0.05, 0) is 146 Å². The molecular weight excluding hydrogens is 725 g/mol. The summed E-state index contributed by atoms with van der Waals surface area (Å²) in [6, 6.07) is -1.45. The summed E-state index contributed by atoms with van der Waals surface area (Å²) in [5, 5.41) is 8.95. The van der Waals surface area contributed by atoms with E-state index >= 15 is 0 Å². The van der Waals surface area contributed by atoms with Crippen molar-refractivity contribution in [2.24, 2.45) is 5.73 Å². The summed E-state index contributed by atoms with van der Waals surface area (Å²) in [4.78, 5) is 21.1. The second-order valence-corrected chi connectivity index (χ2v) is 17.0. The van der Waals surface area contributed by atoms with Gasteiger partial charge in [-0.1, -0.05) is 93.2 Å². The minimum atomic E-state index is -4.56. The number of carbonyl (C=O) groups is 1. The van der Waals surface area contributed by atoms with E-state index in [9.17, 15) is 14.3 Å². The van der Waals surface area contributed by atoms with Crippen molar-refractivity contribution in [2.75, 3.05) is 33.0 Å². The predicted octanol–water partition coefficient (Wildman–Crippen LogP) is 12.2. The van der Waals surface area contributed by atoms with Crippen molar-refractivity contribution in [1.82, 2.24) is 0 Å². The number of carboxylic acid groups (broad SMARTS) is 1. The Kier molecular flexibility index (Phi) is 30.8. The van der Waals surface area contributed by atoms with Crippen molar-refractivity contribution in [2.45, 2.75) is 158 Å². The van der Waals surface area contributed by atoms with Gasteiger partial charge in [0, 0.05) is 0 Å². The number of phosphoric ester groups is 1. The van der Waals surface area contributed by atoms with Gasteiger partial charge in [0.15, 0.2) is 0 Å². The molecule has 0 bridgehead atoms. The molecule has 0 spiro atoms. The molecule has 0 amide bonds. The van der Waals surface area contributed by atoms with E-state index in [2.05, 4.69) is 106 Å². The molecule has 0 aliphatic heterocycles. The van der Waals surface area contributed by atoms with E-state index in [1.807, 2.05) is 12.2 Å². The summed E-state index contributed by atoms with van der Waals surface area (Å²) < 4.78 is 34.2. The molecule has 3 atom stereocenters. The Hall–Kier alpha value is -2.62. The lowest BCUT2D eigenvalue weighted by atomic mass is 10.0. The van der Waals surface area contributed by atoms with Gasteiger partial charge in [0.1, 0.15) is 12.1 Å². The maximum absolute atomic E-state index is 12.4. The second kappa shape index (κ2) is 32.3. The van der Waals surface area contributed by atoms with Gasteiger partial charge in [-0.25, -0.2) is 4.57 Å². The molecule has 0 fully saturated rings. The molecule has 0 rings (SSSR count). The first kappa shape index (κ1) is 53.4. The first-order valence-electron chi connectivity index (χ1n) is 20.4. The van der Waals surface area contributed by atoms with E-state index in [4.69, 9.17) is 29.4 Å². The van der Waals surface area contributed by atoms with Crippen molar-refractivity contribution >= 4 is 13.8 Å². The van der Waals surface area contributed by atoms with Crippen LogP contribution in [-0.2, 0) is 27.9 Å². The number of allylic oxidation sites excluding steroid dienone is 14. The first-order valence-corrected chi connectivity index (χ1v) is 21.9. The molecule has 320 valence electrons. The van der Waals surface area contributed by atoms with Gasteiger partial charge in [-0.15, -0.1) is 0 Å². The van der Waals surface area contributed by atoms with Crippen LogP contribution in [0.25, 0.3) is 0 Å². The van der Waals surface area contributed by atoms with Gasteiger partial charge in [0.25, 0.3) is 0 Å². The largest absolute Gasteiger partial charge is 0.480 e. The van der Waals surface area contributed by atoms with E-state index < -0.39 is 32.5 Å². The fourth-order valence-electron chi connectivity index (χ4n) is 5.31. The highest BCUT2D eigenvalue weighted by molar-refractivity contribution is 7.47. The zero-order valence-electron chi connectivity index (χ0n) is 36.7. The number of hydrogen-bond acceptors (Lipinski definition) is 7. The summed E-state index contributed by atoms with van der Waals surface area (Å²) in [6.45, 7) is 21.3. The normalized spacial score (nSPS) is 15.7. The molecule has 0 radical (unpaired) electrons. The third-order valence-corrected chi connectivity index (χ3v) is 10.0. The Morgan fingerprint density at radius 2 is 0.875 bits per heavy atom. The number of rotatable bonds is 32. The molecule has 0 aliphatic carbocycles. The molecule has 0 aromatic heterocycles. The molecule has 4 N–H and O–H groups in total. The van der Waals surface area contributed by atoms with Gasteiger partial charge in [0.2, 0.25) is 0 Å². The first-order chi connectivity index (χ1) is 26.4. The molecular formula is C46H78NO8P. The monoisotopic (exact) mass is 804 g/mol. The fourth-order valence-corrected chi connectivity index (χ4v) is 6.08. The van der Waals surface area contributed by atoms with E-state index in [-0.39, 0.29) is 19.8 Å². The summed E-state index contributed by atoms with van der Waals surface area (Å²) in [6.07, 6.45) is 29.6. The third-order valence-electron chi connectivity index (χ3n) is 9.08. The van der Waals surface area contributed by atoms with Crippen LogP contribution in [0.15, 0.2) is 93.2 Å². The molecule has 0 aromatic rings. The van der Waals surface area contributed by atoms with Crippen LogP contribution < -0.4 is 5.73 Å². The van der Waals surface area contributed by atoms with Crippen LogP contribution in [-0.4, -0.2) is 61.1 Å². The maximum atomic E-state index is 12.4. The molecule has 0 aromatic carbocycles. The quantitative estimate of drug-likeness (QED) is 0.0345. The lowest BCUT2D eigenvalue weighted by Crippen LogP contribution is -2.34. The molecule has 10 heteroatoms. The summed E-state index contributed by atoms with van der Waals surface area (Å²) in [5.74, 6) is -1.35. The second-order valence-electron chi connectivity index (χ2n) is 15.6. The third kappa shape index (κ3) is 33.5. The Morgan fingerprint density at radius 3 is 1.25 bits per heavy atom. The molecule has 0 saturated carbocycles. The van der Waals surface area contributed by atoms with Crippen LogP contribution >= 0.6 is 7.82 Å². The standard InChI is InChI=1S/C46H78NO8P/c1-36(2)17-11-19-38(5)21-13-23-40(7)25-15-27-42(9)29-31-52-33-44(34-54-56(50,51)55-35-45(47)46(48)49)53-32-30-43(10)28-16-26-41(8)24-14-22-39(6)20-12-18-37(3)4/h17-18,21-22,25-26,29-30,44-45H,11-16,19-20,23-24,27-28,31-35,47H2,1-10H3,(H,48,49)(H,50,51)/b38-21+,39-22+,40-25+,41-26+,42-29+,43-30+/t44-,45+/m1/s1. The molecule has 9 nitrogen and oxygen atoms in total. The van der Waals surface area contributed by atoms with Crippen LogP contribution in [0.5, 0.6) is 0 Å². The molecule has 0 aliphatic rings. The summed E-state index contributed by atoms with van der Waals surface area (Å²) >= 11 is 0. The van der Waals surface area contributed by atoms with Gasteiger partial charge < -0.3 is 25.2 Å². The molecule has 1 unspecified atom stereocenters. The Balaban J connectivity index is 5.00. The van der Waals surface area contributed by atoms with Crippen molar-refractivity contribution in [3.63, 3.8) is 0 Å².